The fourth-order valence-corrected chi connectivity index (χ4v) is 4.95. The molecule has 0 bridgehead atoms. The average Bonchev–Trinajstić information content (AvgIpc) is 3.25. The van der Waals surface area contributed by atoms with Crippen molar-refractivity contribution in [1.82, 2.24) is 9.80 Å². The number of aliphatic hydroxyl groups is 1. The second-order valence-electron chi connectivity index (χ2n) is 10.2. The van der Waals surface area contributed by atoms with Crippen molar-refractivity contribution in [2.75, 3.05) is 46.5 Å². The molecule has 1 atom stereocenters. The number of unbranched alkanes of at least 4 members (excludes halogenated alkanes) is 3. The Bertz CT molecular complexity index is 1170. The van der Waals surface area contributed by atoms with Gasteiger partial charge in [-0.15, -0.1) is 0 Å². The topological polar surface area (TPSA) is 88.5 Å². The summed E-state index contributed by atoms with van der Waals surface area (Å²) in [6, 6.07) is 11.6. The number of carbonyl (C=O) groups is 2. The van der Waals surface area contributed by atoms with Crippen molar-refractivity contribution in [3.8, 4) is 17.2 Å². The molecule has 0 aliphatic carbocycles. The first kappa shape index (κ1) is 32.0. The Balaban J connectivity index is 2.02. The van der Waals surface area contributed by atoms with Crippen LogP contribution in [-0.4, -0.2) is 73.1 Å². The largest absolute Gasteiger partial charge is 0.507 e. The fraction of sp³-hybridized carbons (Fsp3) is 0.515. The number of hydrogen-bond acceptors (Lipinski definition) is 7. The Labute approximate surface area is 244 Å². The molecule has 1 aliphatic rings. The molecule has 1 fully saturated rings. The summed E-state index contributed by atoms with van der Waals surface area (Å²) < 4.78 is 17.4. The number of benzene rings is 2. The third-order valence-corrected chi connectivity index (χ3v) is 7.49. The number of nitrogens with zero attached hydrogens (tertiary/aromatic N) is 2. The zero-order chi connectivity index (χ0) is 29.8. The number of hydrogen-bond donors (Lipinski definition) is 1. The molecule has 8 heteroatoms. The van der Waals surface area contributed by atoms with Gasteiger partial charge in [0.15, 0.2) is 11.5 Å². The number of ketones is 1. The fourth-order valence-electron chi connectivity index (χ4n) is 4.95. The van der Waals surface area contributed by atoms with Gasteiger partial charge < -0.3 is 29.1 Å². The molecular formula is C33H46N2O6. The van der Waals surface area contributed by atoms with E-state index in [1.165, 1.54) is 0 Å². The van der Waals surface area contributed by atoms with Gasteiger partial charge in [-0.05, 0) is 67.9 Å². The first-order valence-electron chi connectivity index (χ1n) is 14.9. The monoisotopic (exact) mass is 566 g/mol. The molecule has 2 aromatic rings. The van der Waals surface area contributed by atoms with Crippen LogP contribution in [0.4, 0.5) is 0 Å². The van der Waals surface area contributed by atoms with E-state index >= 15 is 0 Å². The summed E-state index contributed by atoms with van der Waals surface area (Å²) >= 11 is 0. The summed E-state index contributed by atoms with van der Waals surface area (Å²) in [5, 5.41) is 11.5. The second-order valence-corrected chi connectivity index (χ2v) is 10.2. The Morgan fingerprint density at radius 3 is 2.20 bits per heavy atom. The summed E-state index contributed by atoms with van der Waals surface area (Å²) in [5.74, 6) is 0.271. The van der Waals surface area contributed by atoms with Crippen molar-refractivity contribution < 1.29 is 28.9 Å². The number of carbonyl (C=O) groups excluding carboxylic acids is 2. The molecule has 1 saturated heterocycles. The van der Waals surface area contributed by atoms with E-state index in [1.54, 1.807) is 42.3 Å². The normalized spacial score (nSPS) is 16.4. The van der Waals surface area contributed by atoms with E-state index < -0.39 is 17.7 Å². The second kappa shape index (κ2) is 16.1. The Hall–Kier alpha value is -3.52. The minimum Gasteiger partial charge on any atom is -0.507 e. The Morgan fingerprint density at radius 2 is 1.56 bits per heavy atom. The SMILES string of the molecule is CCCCCOc1ccc(C2/C(=C(\O)c3ccc(OCCCC)cc3)C(=O)C(=O)N2CCN(CC)CC)cc1OC. The van der Waals surface area contributed by atoms with E-state index in [1.807, 2.05) is 12.1 Å². The molecule has 41 heavy (non-hydrogen) atoms. The molecule has 0 radical (unpaired) electrons. The van der Waals surface area contributed by atoms with Gasteiger partial charge in [0.05, 0.1) is 31.9 Å². The molecular weight excluding hydrogens is 520 g/mol. The predicted molar refractivity (Wildman–Crippen MR) is 162 cm³/mol. The average molecular weight is 567 g/mol. The predicted octanol–water partition coefficient (Wildman–Crippen LogP) is 6.21. The third kappa shape index (κ3) is 8.03. The lowest BCUT2D eigenvalue weighted by atomic mass is 9.95. The smallest absolute Gasteiger partial charge is 0.295 e. The number of ether oxygens (including phenoxy) is 3. The highest BCUT2D eigenvalue weighted by Gasteiger charge is 2.46. The Kier molecular flexibility index (Phi) is 12.5. The molecule has 1 heterocycles. The van der Waals surface area contributed by atoms with Crippen LogP contribution in [-0.2, 0) is 9.59 Å². The van der Waals surface area contributed by atoms with Crippen LogP contribution >= 0.6 is 0 Å². The number of rotatable bonds is 17. The summed E-state index contributed by atoms with van der Waals surface area (Å²) in [4.78, 5) is 30.6. The summed E-state index contributed by atoms with van der Waals surface area (Å²) in [7, 11) is 1.57. The number of likely N-dealkylation sites (tertiary alicyclic amines) is 1. The molecule has 224 valence electrons. The van der Waals surface area contributed by atoms with Crippen molar-refractivity contribution >= 4 is 17.4 Å². The van der Waals surface area contributed by atoms with Gasteiger partial charge in [0.2, 0.25) is 0 Å². The van der Waals surface area contributed by atoms with Crippen molar-refractivity contribution in [3.63, 3.8) is 0 Å². The molecule has 1 amide bonds. The van der Waals surface area contributed by atoms with Gasteiger partial charge in [0.25, 0.3) is 11.7 Å². The van der Waals surface area contributed by atoms with E-state index in [4.69, 9.17) is 14.2 Å². The van der Waals surface area contributed by atoms with E-state index in [9.17, 15) is 14.7 Å². The minimum atomic E-state index is -0.769. The van der Waals surface area contributed by atoms with Crippen LogP contribution in [0.15, 0.2) is 48.0 Å². The van der Waals surface area contributed by atoms with E-state index in [0.29, 0.717) is 54.7 Å². The lowest BCUT2D eigenvalue weighted by Crippen LogP contribution is -2.38. The van der Waals surface area contributed by atoms with Crippen molar-refractivity contribution in [2.24, 2.45) is 0 Å². The lowest BCUT2D eigenvalue weighted by molar-refractivity contribution is -0.140. The van der Waals surface area contributed by atoms with Gasteiger partial charge in [-0.3, -0.25) is 9.59 Å². The highest BCUT2D eigenvalue weighted by atomic mass is 16.5. The van der Waals surface area contributed by atoms with Crippen molar-refractivity contribution in [3.05, 3.63) is 59.2 Å². The summed E-state index contributed by atoms with van der Waals surface area (Å²) in [5.41, 5.74) is 1.18. The Morgan fingerprint density at radius 1 is 0.878 bits per heavy atom. The molecule has 3 rings (SSSR count). The van der Waals surface area contributed by atoms with Crippen LogP contribution in [0.1, 0.15) is 77.0 Å². The van der Waals surface area contributed by atoms with Gasteiger partial charge >= 0.3 is 0 Å². The van der Waals surface area contributed by atoms with Gasteiger partial charge in [0.1, 0.15) is 11.5 Å². The van der Waals surface area contributed by atoms with Crippen LogP contribution in [0.3, 0.4) is 0 Å². The van der Waals surface area contributed by atoms with Gasteiger partial charge in [0, 0.05) is 18.7 Å². The maximum Gasteiger partial charge on any atom is 0.295 e. The molecule has 8 nitrogen and oxygen atoms in total. The number of Topliss-reactive ketones (excluding diaryl/α,β-unsaturated/α-hetero) is 1. The molecule has 1 aliphatic heterocycles. The standard InChI is InChI=1S/C33H46N2O6/c1-6-10-12-22-41-27-18-15-25(23-28(27)39-5)30-29(32(37)33(38)35(30)20-19-34(8-3)9-4)31(36)24-13-16-26(17-14-24)40-21-11-7-2/h13-18,23,30,36H,6-12,19-22H2,1-5H3/b31-29+. The highest BCUT2D eigenvalue weighted by Crippen LogP contribution is 2.42. The molecule has 0 spiro atoms. The van der Waals surface area contributed by atoms with Gasteiger partial charge in [-0.2, -0.15) is 0 Å². The maximum atomic E-state index is 13.5. The van der Waals surface area contributed by atoms with Crippen LogP contribution in [0.2, 0.25) is 0 Å². The molecule has 0 aromatic heterocycles. The maximum absolute atomic E-state index is 13.5. The molecule has 1 unspecified atom stereocenters. The van der Waals surface area contributed by atoms with Crippen molar-refractivity contribution in [2.45, 2.75) is 65.8 Å². The van der Waals surface area contributed by atoms with E-state index in [2.05, 4.69) is 32.6 Å². The van der Waals surface area contributed by atoms with Crippen LogP contribution in [0.25, 0.3) is 5.76 Å². The number of aliphatic hydroxyl groups excluding tert-OH is 1. The number of methoxy groups -OCH3 is 1. The van der Waals surface area contributed by atoms with Gasteiger partial charge in [-0.25, -0.2) is 0 Å². The molecule has 1 N–H and O–H groups in total. The number of likely N-dealkylation sites (N-methyl/N-ethyl adjacent to an activating group) is 1. The van der Waals surface area contributed by atoms with Crippen LogP contribution in [0.5, 0.6) is 17.2 Å². The quantitative estimate of drug-likeness (QED) is 0.105. The zero-order valence-corrected chi connectivity index (χ0v) is 25.3. The number of amides is 1. The summed E-state index contributed by atoms with van der Waals surface area (Å²) in [6.07, 6.45) is 5.09. The third-order valence-electron chi connectivity index (χ3n) is 7.49. The lowest BCUT2D eigenvalue weighted by Gasteiger charge is -2.28. The summed E-state index contributed by atoms with van der Waals surface area (Å²) in [6.45, 7) is 12.2. The minimum absolute atomic E-state index is 0.0628. The first-order chi connectivity index (χ1) is 19.9. The molecule has 2 aromatic carbocycles. The zero-order valence-electron chi connectivity index (χ0n) is 25.3. The molecule has 0 saturated carbocycles. The van der Waals surface area contributed by atoms with Crippen LogP contribution in [0, 0.1) is 0 Å². The van der Waals surface area contributed by atoms with Crippen molar-refractivity contribution in [1.29, 1.82) is 0 Å². The highest BCUT2D eigenvalue weighted by molar-refractivity contribution is 6.46. The van der Waals surface area contributed by atoms with E-state index in [-0.39, 0.29) is 11.3 Å². The van der Waals surface area contributed by atoms with Gasteiger partial charge in [-0.1, -0.05) is 53.0 Å². The first-order valence-corrected chi connectivity index (χ1v) is 14.9. The van der Waals surface area contributed by atoms with Crippen LogP contribution < -0.4 is 14.2 Å². The van der Waals surface area contributed by atoms with E-state index in [0.717, 1.165) is 45.2 Å².